The molecule has 0 rings (SSSR count). The van der Waals surface area contributed by atoms with Crippen LogP contribution in [0.3, 0.4) is 0 Å². The maximum absolute atomic E-state index is 5.00. The summed E-state index contributed by atoms with van der Waals surface area (Å²) in [5.41, 5.74) is 0. The standard InChI is InChI=1S/C10H24N4O.HI/c1-11-10(12-2)13-6-8-14(3)7-5-9-15-4;/h5-9H2,1-4H3,(H2,11,12,13);1H. The number of likely N-dealkylation sites (N-methyl/N-ethyl adjacent to an activating group) is 1. The van der Waals surface area contributed by atoms with E-state index in [1.807, 2.05) is 7.05 Å². The fraction of sp³-hybridized carbons (Fsp3) is 0.900. The zero-order valence-electron chi connectivity index (χ0n) is 10.7. The Balaban J connectivity index is 0. The summed E-state index contributed by atoms with van der Waals surface area (Å²) in [6, 6.07) is 0. The highest BCUT2D eigenvalue weighted by Crippen LogP contribution is 1.86. The van der Waals surface area contributed by atoms with Gasteiger partial charge in [0.05, 0.1) is 0 Å². The number of hydrogen-bond acceptors (Lipinski definition) is 3. The van der Waals surface area contributed by atoms with Crippen molar-refractivity contribution < 1.29 is 4.74 Å². The van der Waals surface area contributed by atoms with Gasteiger partial charge >= 0.3 is 0 Å². The molecule has 0 bridgehead atoms. The Labute approximate surface area is 116 Å². The van der Waals surface area contributed by atoms with Crippen LogP contribution in [0.25, 0.3) is 0 Å². The van der Waals surface area contributed by atoms with E-state index in [2.05, 4.69) is 27.6 Å². The highest BCUT2D eigenvalue weighted by Gasteiger charge is 1.98. The lowest BCUT2D eigenvalue weighted by Crippen LogP contribution is -2.39. The van der Waals surface area contributed by atoms with Crippen molar-refractivity contribution in [2.45, 2.75) is 6.42 Å². The van der Waals surface area contributed by atoms with Gasteiger partial charge in [0.15, 0.2) is 5.96 Å². The molecule has 5 nitrogen and oxygen atoms in total. The van der Waals surface area contributed by atoms with Crippen molar-refractivity contribution in [2.24, 2.45) is 4.99 Å². The van der Waals surface area contributed by atoms with Crippen LogP contribution in [0.15, 0.2) is 4.99 Å². The van der Waals surface area contributed by atoms with Gasteiger partial charge in [0, 0.05) is 47.4 Å². The van der Waals surface area contributed by atoms with Gasteiger partial charge in [0.25, 0.3) is 0 Å². The number of nitrogens with one attached hydrogen (secondary N) is 2. The molecule has 0 aliphatic heterocycles. The van der Waals surface area contributed by atoms with E-state index in [1.54, 1.807) is 14.2 Å². The second-order valence-electron chi connectivity index (χ2n) is 3.40. The normalized spacial score (nSPS) is 11.2. The molecule has 0 saturated heterocycles. The van der Waals surface area contributed by atoms with Crippen molar-refractivity contribution in [3.63, 3.8) is 0 Å². The van der Waals surface area contributed by atoms with E-state index >= 15 is 0 Å². The van der Waals surface area contributed by atoms with E-state index in [-0.39, 0.29) is 24.0 Å². The molecule has 0 amide bonds. The molecule has 0 aliphatic rings. The van der Waals surface area contributed by atoms with E-state index in [0.717, 1.165) is 38.6 Å². The quantitative estimate of drug-likeness (QED) is 0.303. The molecule has 0 atom stereocenters. The number of ether oxygens (including phenoxy) is 1. The third-order valence-electron chi connectivity index (χ3n) is 2.13. The molecule has 98 valence electrons. The largest absolute Gasteiger partial charge is 0.385 e. The fourth-order valence-corrected chi connectivity index (χ4v) is 1.24. The Morgan fingerprint density at radius 3 is 2.56 bits per heavy atom. The predicted molar refractivity (Wildman–Crippen MR) is 79.8 cm³/mol. The lowest BCUT2D eigenvalue weighted by Gasteiger charge is -2.17. The highest BCUT2D eigenvalue weighted by atomic mass is 127. The SMILES string of the molecule is CN=C(NC)NCCN(C)CCCOC.I. The van der Waals surface area contributed by atoms with Gasteiger partial charge in [0.1, 0.15) is 0 Å². The summed E-state index contributed by atoms with van der Waals surface area (Å²) in [6.45, 7) is 3.80. The molecule has 0 aromatic heterocycles. The maximum Gasteiger partial charge on any atom is 0.190 e. The molecular formula is C10H25IN4O. The molecule has 0 unspecified atom stereocenters. The molecule has 0 radical (unpaired) electrons. The van der Waals surface area contributed by atoms with Crippen LogP contribution in [0.4, 0.5) is 0 Å². The van der Waals surface area contributed by atoms with Gasteiger partial charge in [-0.25, -0.2) is 0 Å². The molecule has 0 heterocycles. The number of nitrogens with zero attached hydrogens (tertiary/aromatic N) is 2. The van der Waals surface area contributed by atoms with Crippen LogP contribution in [0.5, 0.6) is 0 Å². The Kier molecular flexibility index (Phi) is 14.8. The highest BCUT2D eigenvalue weighted by molar-refractivity contribution is 14.0. The van der Waals surface area contributed by atoms with Crippen LogP contribution < -0.4 is 10.6 Å². The van der Waals surface area contributed by atoms with Crippen LogP contribution >= 0.6 is 24.0 Å². The Morgan fingerprint density at radius 1 is 1.38 bits per heavy atom. The second kappa shape index (κ2) is 13.0. The van der Waals surface area contributed by atoms with Crippen molar-refractivity contribution in [3.8, 4) is 0 Å². The van der Waals surface area contributed by atoms with Crippen LogP contribution in [0, 0.1) is 0 Å². The first kappa shape index (κ1) is 18.3. The topological polar surface area (TPSA) is 48.9 Å². The lowest BCUT2D eigenvalue weighted by atomic mass is 10.4. The molecule has 6 heteroatoms. The lowest BCUT2D eigenvalue weighted by molar-refractivity contribution is 0.180. The summed E-state index contributed by atoms with van der Waals surface area (Å²) in [6.07, 6.45) is 1.08. The summed E-state index contributed by atoms with van der Waals surface area (Å²) >= 11 is 0. The first-order valence-electron chi connectivity index (χ1n) is 5.30. The summed E-state index contributed by atoms with van der Waals surface area (Å²) < 4.78 is 5.00. The van der Waals surface area contributed by atoms with Gasteiger partial charge in [-0.2, -0.15) is 0 Å². The van der Waals surface area contributed by atoms with Gasteiger partial charge in [-0.3, -0.25) is 4.99 Å². The number of rotatable bonds is 7. The molecule has 0 aromatic rings. The van der Waals surface area contributed by atoms with Crippen LogP contribution in [0.1, 0.15) is 6.42 Å². The van der Waals surface area contributed by atoms with Crippen LogP contribution in [-0.2, 0) is 4.74 Å². The van der Waals surface area contributed by atoms with E-state index < -0.39 is 0 Å². The summed E-state index contributed by atoms with van der Waals surface area (Å²) in [4.78, 5) is 6.31. The first-order valence-corrected chi connectivity index (χ1v) is 5.30. The second-order valence-corrected chi connectivity index (χ2v) is 3.40. The van der Waals surface area contributed by atoms with Crippen molar-refractivity contribution in [1.29, 1.82) is 0 Å². The number of guanidine groups is 1. The minimum absolute atomic E-state index is 0. The van der Waals surface area contributed by atoms with Gasteiger partial charge in [-0.15, -0.1) is 24.0 Å². The molecule has 0 spiro atoms. The average Bonchev–Trinajstić information content (AvgIpc) is 2.25. The maximum atomic E-state index is 5.00. The smallest absolute Gasteiger partial charge is 0.190 e. The molecule has 2 N–H and O–H groups in total. The Hall–Kier alpha value is -0.0800. The Morgan fingerprint density at radius 2 is 2.06 bits per heavy atom. The van der Waals surface area contributed by atoms with Crippen molar-refractivity contribution in [1.82, 2.24) is 15.5 Å². The minimum Gasteiger partial charge on any atom is -0.385 e. The zero-order valence-corrected chi connectivity index (χ0v) is 13.1. The number of methoxy groups -OCH3 is 1. The number of halogens is 1. The summed E-state index contributed by atoms with van der Waals surface area (Å²) in [7, 11) is 7.47. The number of aliphatic imine (C=N–C) groups is 1. The molecule has 0 fully saturated rings. The summed E-state index contributed by atoms with van der Waals surface area (Å²) in [5.74, 6) is 0.834. The molecule has 16 heavy (non-hydrogen) atoms. The van der Waals surface area contributed by atoms with E-state index in [0.29, 0.717) is 0 Å². The predicted octanol–water partition coefficient (Wildman–Crippen LogP) is 0.367. The van der Waals surface area contributed by atoms with Crippen LogP contribution in [-0.4, -0.2) is 65.4 Å². The molecule has 0 aromatic carbocycles. The van der Waals surface area contributed by atoms with E-state index in [4.69, 9.17) is 4.74 Å². The van der Waals surface area contributed by atoms with Crippen molar-refractivity contribution in [3.05, 3.63) is 0 Å². The van der Waals surface area contributed by atoms with Gasteiger partial charge in [-0.1, -0.05) is 0 Å². The summed E-state index contributed by atoms with van der Waals surface area (Å²) in [5, 5.41) is 6.18. The molecular weight excluding hydrogens is 319 g/mol. The average molecular weight is 344 g/mol. The van der Waals surface area contributed by atoms with E-state index in [9.17, 15) is 0 Å². The third-order valence-corrected chi connectivity index (χ3v) is 2.13. The van der Waals surface area contributed by atoms with Gasteiger partial charge in [0.2, 0.25) is 0 Å². The van der Waals surface area contributed by atoms with Gasteiger partial charge in [-0.05, 0) is 13.5 Å². The van der Waals surface area contributed by atoms with E-state index in [1.165, 1.54) is 0 Å². The van der Waals surface area contributed by atoms with Gasteiger partial charge < -0.3 is 20.3 Å². The number of hydrogen-bond donors (Lipinski definition) is 2. The minimum atomic E-state index is 0. The molecule has 0 saturated carbocycles. The zero-order chi connectivity index (χ0) is 11.5. The first-order chi connectivity index (χ1) is 7.24. The third kappa shape index (κ3) is 10.4. The van der Waals surface area contributed by atoms with Crippen molar-refractivity contribution in [2.75, 3.05) is 54.5 Å². The fourth-order valence-electron chi connectivity index (χ4n) is 1.24. The van der Waals surface area contributed by atoms with Crippen molar-refractivity contribution >= 4 is 29.9 Å². The molecule has 0 aliphatic carbocycles. The Bertz CT molecular complexity index is 178. The monoisotopic (exact) mass is 344 g/mol. The van der Waals surface area contributed by atoms with Crippen LogP contribution in [0.2, 0.25) is 0 Å².